The molecule has 0 saturated heterocycles. The molecule has 0 fully saturated rings. The van der Waals surface area contributed by atoms with Crippen LogP contribution in [0.4, 0.5) is 0 Å². The molecule has 0 spiro atoms. The molecule has 0 saturated carbocycles. The minimum Gasteiger partial charge on any atom is -0.394 e. The van der Waals surface area contributed by atoms with Crippen molar-refractivity contribution in [3.8, 4) is 0 Å². The molecule has 3 atom stereocenters. The second kappa shape index (κ2) is 44.0. The first-order chi connectivity index (χ1) is 26.5. The third kappa shape index (κ3) is 40.0. The number of carbonyl (C=O) groups excluding carboxylic acids is 1. The van der Waals surface area contributed by atoms with Gasteiger partial charge in [-0.25, -0.2) is 0 Å². The van der Waals surface area contributed by atoms with Crippen molar-refractivity contribution in [2.75, 3.05) is 6.61 Å². The van der Waals surface area contributed by atoms with Gasteiger partial charge in [-0.1, -0.05) is 217 Å². The van der Waals surface area contributed by atoms with Crippen LogP contribution in [-0.4, -0.2) is 46.1 Å². The Morgan fingerprint density at radius 3 is 1.39 bits per heavy atom. The lowest BCUT2D eigenvalue weighted by Crippen LogP contribution is -2.45. The van der Waals surface area contributed by atoms with Gasteiger partial charge in [0, 0.05) is 0 Å². The number of allylic oxidation sites excluding steroid dienone is 7. The van der Waals surface area contributed by atoms with Crippen LogP contribution in [0.15, 0.2) is 48.6 Å². The summed E-state index contributed by atoms with van der Waals surface area (Å²) in [6.07, 6.45) is 56.9. The van der Waals surface area contributed by atoms with Crippen LogP contribution < -0.4 is 5.32 Å². The Hall–Kier alpha value is -1.69. The van der Waals surface area contributed by atoms with Crippen molar-refractivity contribution < 1.29 is 20.1 Å². The van der Waals surface area contributed by atoms with Gasteiger partial charge in [0.2, 0.25) is 5.91 Å². The zero-order chi connectivity index (χ0) is 39.4. The first-order valence-electron chi connectivity index (χ1n) is 23.4. The lowest BCUT2D eigenvalue weighted by molar-refractivity contribution is -0.124. The first-order valence-corrected chi connectivity index (χ1v) is 23.4. The largest absolute Gasteiger partial charge is 0.394 e. The molecule has 0 radical (unpaired) electrons. The van der Waals surface area contributed by atoms with Crippen LogP contribution in [-0.2, 0) is 4.79 Å². The molecule has 0 heterocycles. The molecule has 0 aromatic carbocycles. The molecule has 0 aliphatic rings. The second-order valence-electron chi connectivity index (χ2n) is 16.0. The third-order valence-electron chi connectivity index (χ3n) is 10.6. The average molecular weight is 758 g/mol. The molecular formula is C49H91NO4. The van der Waals surface area contributed by atoms with Crippen molar-refractivity contribution in [2.24, 2.45) is 0 Å². The predicted octanol–water partition coefficient (Wildman–Crippen LogP) is 13.7. The van der Waals surface area contributed by atoms with E-state index in [1.165, 1.54) is 161 Å². The van der Waals surface area contributed by atoms with Crippen LogP contribution >= 0.6 is 0 Å². The highest BCUT2D eigenvalue weighted by molar-refractivity contribution is 5.76. The summed E-state index contributed by atoms with van der Waals surface area (Å²) in [6.45, 7) is 4.11. The van der Waals surface area contributed by atoms with E-state index in [9.17, 15) is 20.1 Å². The van der Waals surface area contributed by atoms with Crippen LogP contribution in [0.2, 0.25) is 0 Å². The number of nitrogens with one attached hydrogen (secondary N) is 1. The van der Waals surface area contributed by atoms with Crippen molar-refractivity contribution in [3.05, 3.63) is 48.6 Å². The van der Waals surface area contributed by atoms with Gasteiger partial charge in [-0.2, -0.15) is 0 Å². The molecular weight excluding hydrogens is 667 g/mol. The molecule has 0 aromatic heterocycles. The van der Waals surface area contributed by atoms with Gasteiger partial charge in [-0.15, -0.1) is 0 Å². The molecule has 5 nitrogen and oxygen atoms in total. The Bertz CT molecular complexity index is 881. The fraction of sp³-hybridized carbons (Fsp3) is 0.816. The molecule has 316 valence electrons. The fourth-order valence-corrected chi connectivity index (χ4v) is 7.04. The number of hydrogen-bond donors (Lipinski definition) is 4. The van der Waals surface area contributed by atoms with E-state index in [-0.39, 0.29) is 18.9 Å². The Kier molecular flexibility index (Phi) is 42.7. The summed E-state index contributed by atoms with van der Waals surface area (Å²) in [5, 5.41) is 33.3. The number of carbonyl (C=O) groups is 1. The van der Waals surface area contributed by atoms with E-state index in [1.54, 1.807) is 6.08 Å². The summed E-state index contributed by atoms with van der Waals surface area (Å²) in [4.78, 5) is 12.5. The van der Waals surface area contributed by atoms with E-state index in [4.69, 9.17) is 0 Å². The molecule has 0 bridgehead atoms. The smallest absolute Gasteiger partial charge is 0.222 e. The third-order valence-corrected chi connectivity index (χ3v) is 10.6. The highest BCUT2D eigenvalue weighted by Gasteiger charge is 2.20. The lowest BCUT2D eigenvalue weighted by atomic mass is 10.0. The van der Waals surface area contributed by atoms with E-state index in [2.05, 4.69) is 55.6 Å². The number of amides is 1. The molecule has 0 aliphatic carbocycles. The standard InChI is InChI=1S/C49H91NO4/c1-3-5-7-9-11-13-15-17-19-21-23-25-27-29-31-33-35-37-39-41-43-48(53)47(45-51)50-49(54)44-46(52)42-40-38-36-34-32-30-28-26-24-22-20-18-16-14-12-10-8-6-4-2/h6,8,12,14,33,35,41,43,46-48,51-53H,3-5,7,9-11,13,15-32,34,36-40,42,44-45H2,1-2H3,(H,50,54)/b8-6-,14-12-,35-33+,43-41+. The monoisotopic (exact) mass is 758 g/mol. The maximum atomic E-state index is 12.5. The summed E-state index contributed by atoms with van der Waals surface area (Å²) >= 11 is 0. The minimum absolute atomic E-state index is 0.00435. The first kappa shape index (κ1) is 52.3. The SMILES string of the molecule is CC/C=C\C/C=C\CCCCCCCCCCCCCCC(O)CC(=O)NC(CO)C(O)/C=C/CC/C=C/CCCCCCCCCCCCCCCC. The summed E-state index contributed by atoms with van der Waals surface area (Å²) < 4.78 is 0. The van der Waals surface area contributed by atoms with Crippen molar-refractivity contribution in [1.29, 1.82) is 0 Å². The maximum Gasteiger partial charge on any atom is 0.222 e. The summed E-state index contributed by atoms with van der Waals surface area (Å²) in [6, 6.07) is -0.762. The zero-order valence-electron chi connectivity index (χ0n) is 35.8. The number of rotatable bonds is 42. The van der Waals surface area contributed by atoms with Crippen molar-refractivity contribution in [1.82, 2.24) is 5.32 Å². The van der Waals surface area contributed by atoms with Gasteiger partial charge in [0.05, 0.1) is 31.3 Å². The zero-order valence-corrected chi connectivity index (χ0v) is 35.8. The van der Waals surface area contributed by atoms with E-state index in [0.717, 1.165) is 44.9 Å². The molecule has 1 amide bonds. The van der Waals surface area contributed by atoms with Gasteiger partial charge in [-0.05, 0) is 57.8 Å². The second-order valence-corrected chi connectivity index (χ2v) is 16.0. The normalized spacial score (nSPS) is 13.9. The summed E-state index contributed by atoms with van der Waals surface area (Å²) in [5.74, 6) is -0.326. The van der Waals surface area contributed by atoms with Crippen LogP contribution in [0.5, 0.6) is 0 Å². The number of hydrogen-bond acceptors (Lipinski definition) is 4. The van der Waals surface area contributed by atoms with Crippen molar-refractivity contribution in [2.45, 2.75) is 250 Å². The topological polar surface area (TPSA) is 89.8 Å². The Balaban J connectivity index is 3.68. The van der Waals surface area contributed by atoms with Crippen molar-refractivity contribution in [3.63, 3.8) is 0 Å². The van der Waals surface area contributed by atoms with Gasteiger partial charge < -0.3 is 20.6 Å². The predicted molar refractivity (Wildman–Crippen MR) is 236 cm³/mol. The highest BCUT2D eigenvalue weighted by Crippen LogP contribution is 2.16. The number of aliphatic hydroxyl groups excluding tert-OH is 3. The minimum atomic E-state index is -0.953. The average Bonchev–Trinajstić information content (AvgIpc) is 3.16. The van der Waals surface area contributed by atoms with E-state index >= 15 is 0 Å². The van der Waals surface area contributed by atoms with Crippen LogP contribution in [0.3, 0.4) is 0 Å². The van der Waals surface area contributed by atoms with Crippen LogP contribution in [0, 0.1) is 0 Å². The molecule has 0 rings (SSSR count). The molecule has 5 heteroatoms. The summed E-state index contributed by atoms with van der Waals surface area (Å²) in [5.41, 5.74) is 0. The highest BCUT2D eigenvalue weighted by atomic mass is 16.3. The van der Waals surface area contributed by atoms with Gasteiger partial charge >= 0.3 is 0 Å². The summed E-state index contributed by atoms with van der Waals surface area (Å²) in [7, 11) is 0. The van der Waals surface area contributed by atoms with Crippen LogP contribution in [0.1, 0.15) is 232 Å². The Morgan fingerprint density at radius 2 is 0.907 bits per heavy atom. The van der Waals surface area contributed by atoms with Gasteiger partial charge in [0.15, 0.2) is 0 Å². The fourth-order valence-electron chi connectivity index (χ4n) is 7.04. The Labute approximate surface area is 336 Å². The molecule has 0 aliphatic heterocycles. The van der Waals surface area contributed by atoms with Crippen LogP contribution in [0.25, 0.3) is 0 Å². The lowest BCUT2D eigenvalue weighted by Gasteiger charge is -2.21. The maximum absolute atomic E-state index is 12.5. The molecule has 4 N–H and O–H groups in total. The Morgan fingerprint density at radius 1 is 0.500 bits per heavy atom. The van der Waals surface area contributed by atoms with Gasteiger partial charge in [0.25, 0.3) is 0 Å². The number of unbranched alkanes of at least 4 members (excludes halogenated alkanes) is 27. The quantitative estimate of drug-likeness (QED) is 0.0369. The van der Waals surface area contributed by atoms with Crippen molar-refractivity contribution >= 4 is 5.91 Å². The van der Waals surface area contributed by atoms with E-state index in [1.807, 2.05) is 6.08 Å². The number of aliphatic hydroxyl groups is 3. The van der Waals surface area contributed by atoms with Gasteiger partial charge in [0.1, 0.15) is 0 Å². The van der Waals surface area contributed by atoms with E-state index in [0.29, 0.717) is 6.42 Å². The van der Waals surface area contributed by atoms with E-state index < -0.39 is 18.2 Å². The van der Waals surface area contributed by atoms with Gasteiger partial charge in [-0.3, -0.25) is 4.79 Å². The molecule has 0 aromatic rings. The molecule has 54 heavy (non-hydrogen) atoms. The molecule has 3 unspecified atom stereocenters.